The van der Waals surface area contributed by atoms with E-state index in [2.05, 4.69) is 9.97 Å². The van der Waals surface area contributed by atoms with E-state index in [9.17, 15) is 9.18 Å². The van der Waals surface area contributed by atoms with Crippen LogP contribution in [0, 0.1) is 5.82 Å². The lowest BCUT2D eigenvalue weighted by atomic mass is 10.1. The van der Waals surface area contributed by atoms with Crippen LogP contribution in [0.2, 0.25) is 5.15 Å². The Labute approximate surface area is 197 Å². The number of carbonyl (C=O) groups is 1. The molecule has 0 atom stereocenters. The third-order valence-corrected chi connectivity index (χ3v) is 5.88. The fourth-order valence-electron chi connectivity index (χ4n) is 3.73. The number of carbonyl (C=O) groups excluding carboxylic acids is 1. The highest BCUT2D eigenvalue weighted by Crippen LogP contribution is 2.23. The number of amides is 1. The number of likely N-dealkylation sites (tertiary alicyclic amines) is 1. The maximum Gasteiger partial charge on any atom is 0.228 e. The number of rotatable bonds is 8. The molecule has 8 heteroatoms. The maximum absolute atomic E-state index is 13.7. The van der Waals surface area contributed by atoms with Crippen LogP contribution in [0.1, 0.15) is 24.1 Å². The molecule has 1 aliphatic rings. The van der Waals surface area contributed by atoms with Gasteiger partial charge in [-0.2, -0.15) is 0 Å². The van der Waals surface area contributed by atoms with Crippen molar-refractivity contribution in [1.29, 1.82) is 0 Å². The molecular formula is C25H25ClFN3O3. The topological polar surface area (TPSA) is 64.6 Å². The van der Waals surface area contributed by atoms with E-state index >= 15 is 0 Å². The number of piperidine rings is 1. The summed E-state index contributed by atoms with van der Waals surface area (Å²) in [5.41, 5.74) is 1.14. The minimum Gasteiger partial charge on any atom is -0.493 e. The second-order valence-corrected chi connectivity index (χ2v) is 8.19. The molecule has 0 aliphatic carbocycles. The molecule has 2 aromatic carbocycles. The molecule has 6 nitrogen and oxygen atoms in total. The second-order valence-electron chi connectivity index (χ2n) is 7.83. The van der Waals surface area contributed by atoms with Crippen molar-refractivity contribution in [3.63, 3.8) is 0 Å². The van der Waals surface area contributed by atoms with E-state index in [0.717, 1.165) is 18.6 Å². The number of nitrogens with zero attached hydrogens (tertiary/aromatic N) is 3. The Balaban J connectivity index is 1.20. The Bertz CT molecular complexity index is 1070. The van der Waals surface area contributed by atoms with Crippen LogP contribution in [0.5, 0.6) is 11.5 Å². The van der Waals surface area contributed by atoms with Crippen LogP contribution in [0.15, 0.2) is 60.9 Å². The van der Waals surface area contributed by atoms with E-state index in [-0.39, 0.29) is 29.4 Å². The van der Waals surface area contributed by atoms with Crippen molar-refractivity contribution >= 4 is 17.5 Å². The highest BCUT2D eigenvalue weighted by molar-refractivity contribution is 6.30. The zero-order chi connectivity index (χ0) is 23.0. The molecule has 0 bridgehead atoms. The quantitative estimate of drug-likeness (QED) is 0.486. The summed E-state index contributed by atoms with van der Waals surface area (Å²) in [6.45, 7) is 1.64. The molecule has 2 heterocycles. The molecule has 1 aromatic heterocycles. The van der Waals surface area contributed by atoms with Crippen LogP contribution in [-0.4, -0.2) is 46.6 Å². The molecule has 0 spiro atoms. The standard InChI is InChI=1S/C25H25ClFN3O3/c26-25-23(28-12-13-29-25)17-24(31)30-14-9-21(10-15-30)33-20-7-5-19(6-8-20)32-16-11-18-3-1-2-4-22(18)27/h1-8,12-13,21H,9-11,14-17H2. The number of aromatic nitrogens is 2. The fraction of sp³-hybridized carbons (Fsp3) is 0.320. The fourth-order valence-corrected chi connectivity index (χ4v) is 3.91. The van der Waals surface area contributed by atoms with Gasteiger partial charge in [0.15, 0.2) is 5.15 Å². The van der Waals surface area contributed by atoms with Gasteiger partial charge in [0.25, 0.3) is 0 Å². The van der Waals surface area contributed by atoms with Gasteiger partial charge in [0.05, 0.1) is 18.7 Å². The van der Waals surface area contributed by atoms with Crippen molar-refractivity contribution in [1.82, 2.24) is 14.9 Å². The normalized spacial score (nSPS) is 14.2. The van der Waals surface area contributed by atoms with Crippen molar-refractivity contribution in [3.8, 4) is 11.5 Å². The number of hydrogen-bond donors (Lipinski definition) is 0. The first-order chi connectivity index (χ1) is 16.1. The van der Waals surface area contributed by atoms with Gasteiger partial charge in [-0.15, -0.1) is 0 Å². The Morgan fingerprint density at radius 3 is 2.45 bits per heavy atom. The minimum atomic E-state index is -0.213. The van der Waals surface area contributed by atoms with Gasteiger partial charge in [-0.1, -0.05) is 29.8 Å². The van der Waals surface area contributed by atoms with Gasteiger partial charge in [-0.25, -0.2) is 9.37 Å². The van der Waals surface area contributed by atoms with Crippen LogP contribution in [0.3, 0.4) is 0 Å². The Morgan fingerprint density at radius 1 is 1.03 bits per heavy atom. The van der Waals surface area contributed by atoms with Gasteiger partial charge < -0.3 is 14.4 Å². The van der Waals surface area contributed by atoms with Gasteiger partial charge in [0, 0.05) is 44.7 Å². The predicted molar refractivity (Wildman–Crippen MR) is 123 cm³/mol. The van der Waals surface area contributed by atoms with Crippen molar-refractivity contribution in [3.05, 3.63) is 83.2 Å². The Morgan fingerprint density at radius 2 is 1.73 bits per heavy atom. The van der Waals surface area contributed by atoms with E-state index in [1.54, 1.807) is 12.1 Å². The lowest BCUT2D eigenvalue weighted by molar-refractivity contribution is -0.132. The molecule has 4 rings (SSSR count). The van der Waals surface area contributed by atoms with Crippen molar-refractivity contribution < 1.29 is 18.7 Å². The summed E-state index contributed by atoms with van der Waals surface area (Å²) in [5.74, 6) is 1.25. The smallest absolute Gasteiger partial charge is 0.228 e. The molecule has 1 saturated heterocycles. The predicted octanol–water partition coefficient (Wildman–Crippen LogP) is 4.50. The lowest BCUT2D eigenvalue weighted by Crippen LogP contribution is -2.42. The van der Waals surface area contributed by atoms with Crippen LogP contribution in [0.4, 0.5) is 4.39 Å². The molecule has 1 aliphatic heterocycles. The molecule has 172 valence electrons. The van der Waals surface area contributed by atoms with Crippen LogP contribution >= 0.6 is 11.6 Å². The first-order valence-corrected chi connectivity index (χ1v) is 11.3. The average molecular weight is 470 g/mol. The van der Waals surface area contributed by atoms with E-state index in [4.69, 9.17) is 21.1 Å². The number of halogens is 2. The summed E-state index contributed by atoms with van der Waals surface area (Å²) in [7, 11) is 0. The van der Waals surface area contributed by atoms with Crippen LogP contribution < -0.4 is 9.47 Å². The molecular weight excluding hydrogens is 445 g/mol. The summed E-state index contributed by atoms with van der Waals surface area (Å²) in [6.07, 6.45) is 5.24. The summed E-state index contributed by atoms with van der Waals surface area (Å²) >= 11 is 6.01. The number of ether oxygens (including phenoxy) is 2. The summed E-state index contributed by atoms with van der Waals surface area (Å²) in [4.78, 5) is 22.5. The second kappa shape index (κ2) is 11.1. The van der Waals surface area contributed by atoms with E-state index < -0.39 is 0 Å². The molecule has 3 aromatic rings. The maximum atomic E-state index is 13.7. The van der Waals surface area contributed by atoms with Crippen LogP contribution in [-0.2, 0) is 17.6 Å². The van der Waals surface area contributed by atoms with E-state index in [0.29, 0.717) is 43.1 Å². The van der Waals surface area contributed by atoms with Gasteiger partial charge in [0.2, 0.25) is 5.91 Å². The molecule has 1 amide bonds. The Hall–Kier alpha value is -3.19. The first kappa shape index (κ1) is 23.0. The highest BCUT2D eigenvalue weighted by atomic mass is 35.5. The monoisotopic (exact) mass is 469 g/mol. The number of hydrogen-bond acceptors (Lipinski definition) is 5. The van der Waals surface area contributed by atoms with Crippen molar-refractivity contribution in [2.24, 2.45) is 0 Å². The van der Waals surface area contributed by atoms with E-state index in [1.807, 2.05) is 35.2 Å². The first-order valence-electron chi connectivity index (χ1n) is 10.9. The van der Waals surface area contributed by atoms with E-state index in [1.165, 1.54) is 18.5 Å². The average Bonchev–Trinajstić information content (AvgIpc) is 2.83. The molecule has 1 fully saturated rings. The summed E-state index contributed by atoms with van der Waals surface area (Å²) < 4.78 is 25.5. The summed E-state index contributed by atoms with van der Waals surface area (Å²) in [5, 5.41) is 0.267. The summed E-state index contributed by atoms with van der Waals surface area (Å²) in [6, 6.07) is 14.1. The van der Waals surface area contributed by atoms with Gasteiger partial charge in [-0.05, 0) is 35.9 Å². The Kier molecular flexibility index (Phi) is 7.73. The lowest BCUT2D eigenvalue weighted by Gasteiger charge is -2.32. The van der Waals surface area contributed by atoms with Crippen LogP contribution in [0.25, 0.3) is 0 Å². The van der Waals surface area contributed by atoms with Gasteiger partial charge >= 0.3 is 0 Å². The van der Waals surface area contributed by atoms with Crippen molar-refractivity contribution in [2.45, 2.75) is 31.8 Å². The van der Waals surface area contributed by atoms with Gasteiger partial charge in [0.1, 0.15) is 23.4 Å². The molecule has 33 heavy (non-hydrogen) atoms. The molecule has 0 radical (unpaired) electrons. The number of benzene rings is 2. The largest absolute Gasteiger partial charge is 0.493 e. The SMILES string of the molecule is O=C(Cc1nccnc1Cl)N1CCC(Oc2ccc(OCCc3ccccc3F)cc2)CC1. The molecule has 0 unspecified atom stereocenters. The zero-order valence-electron chi connectivity index (χ0n) is 18.1. The molecule has 0 N–H and O–H groups in total. The zero-order valence-corrected chi connectivity index (χ0v) is 18.9. The molecule has 0 saturated carbocycles. The highest BCUT2D eigenvalue weighted by Gasteiger charge is 2.24. The minimum absolute atomic E-state index is 0.00673. The third-order valence-electron chi connectivity index (χ3n) is 5.56. The third kappa shape index (κ3) is 6.42. The van der Waals surface area contributed by atoms with Gasteiger partial charge in [-0.3, -0.25) is 9.78 Å². The van der Waals surface area contributed by atoms with Crippen molar-refractivity contribution in [2.75, 3.05) is 19.7 Å².